The highest BCUT2D eigenvalue weighted by Crippen LogP contribution is 2.60. The fraction of sp³-hybridized carbons (Fsp3) is 0.900. The number of aliphatic hydroxyl groups excluding tert-OH is 2. The van der Waals surface area contributed by atoms with Gasteiger partial charge in [-0.05, 0) is 69.1 Å². The standard InChI is InChI=1S/C20H35ClO3/c1-13-6-7-15-18(2,3)16(22)9-10-19(15,4)14(13)8-11-20(5,24)17(23)12-21/h15-17,22-24H,6-12H2,1-5H3/t15-,16+,17-,19+,20+/m1/s1. The van der Waals surface area contributed by atoms with Crippen LogP contribution in [0.1, 0.15) is 73.1 Å². The van der Waals surface area contributed by atoms with Crippen LogP contribution in [-0.4, -0.2) is 39.0 Å². The summed E-state index contributed by atoms with van der Waals surface area (Å²) in [5.41, 5.74) is 1.68. The van der Waals surface area contributed by atoms with Crippen LogP contribution in [0.2, 0.25) is 0 Å². The summed E-state index contributed by atoms with van der Waals surface area (Å²) in [7, 11) is 0. The first-order valence-corrected chi connectivity index (χ1v) is 9.84. The van der Waals surface area contributed by atoms with Crippen molar-refractivity contribution in [2.75, 3.05) is 5.88 Å². The monoisotopic (exact) mass is 358 g/mol. The zero-order valence-corrected chi connectivity index (χ0v) is 16.7. The van der Waals surface area contributed by atoms with E-state index in [1.165, 1.54) is 11.1 Å². The normalized spacial score (nSPS) is 36.9. The minimum absolute atomic E-state index is 0.0458. The van der Waals surface area contributed by atoms with Crippen molar-refractivity contribution in [3.63, 3.8) is 0 Å². The maximum Gasteiger partial charge on any atom is 0.0959 e. The van der Waals surface area contributed by atoms with Crippen LogP contribution in [0.4, 0.5) is 0 Å². The molecule has 0 saturated heterocycles. The fourth-order valence-corrected chi connectivity index (χ4v) is 5.63. The molecule has 0 spiro atoms. The minimum Gasteiger partial charge on any atom is -0.393 e. The van der Waals surface area contributed by atoms with Crippen molar-refractivity contribution in [1.29, 1.82) is 0 Å². The predicted molar refractivity (Wildman–Crippen MR) is 99.1 cm³/mol. The molecule has 2 aliphatic carbocycles. The summed E-state index contributed by atoms with van der Waals surface area (Å²) < 4.78 is 0. The molecule has 1 fully saturated rings. The zero-order chi connectivity index (χ0) is 18.3. The number of rotatable bonds is 5. The molecule has 0 aromatic carbocycles. The van der Waals surface area contributed by atoms with Gasteiger partial charge in [-0.25, -0.2) is 0 Å². The third kappa shape index (κ3) is 3.42. The molecule has 0 unspecified atom stereocenters. The van der Waals surface area contributed by atoms with Crippen molar-refractivity contribution in [2.24, 2.45) is 16.7 Å². The van der Waals surface area contributed by atoms with Gasteiger partial charge < -0.3 is 15.3 Å². The van der Waals surface area contributed by atoms with Gasteiger partial charge in [-0.2, -0.15) is 0 Å². The van der Waals surface area contributed by atoms with E-state index in [0.717, 1.165) is 32.1 Å². The molecule has 1 saturated carbocycles. The van der Waals surface area contributed by atoms with E-state index in [2.05, 4.69) is 27.7 Å². The predicted octanol–water partition coefficient (Wildman–Crippen LogP) is 4.03. The second-order valence-corrected chi connectivity index (χ2v) is 9.48. The van der Waals surface area contributed by atoms with Crippen LogP contribution in [0.25, 0.3) is 0 Å². The van der Waals surface area contributed by atoms with Crippen molar-refractivity contribution in [1.82, 2.24) is 0 Å². The highest BCUT2D eigenvalue weighted by Gasteiger charge is 2.53. The molecule has 0 heterocycles. The Kier molecular flexibility index (Phi) is 5.82. The van der Waals surface area contributed by atoms with Gasteiger partial charge in [0.25, 0.3) is 0 Å². The van der Waals surface area contributed by atoms with Crippen molar-refractivity contribution in [2.45, 2.75) is 91.0 Å². The minimum atomic E-state index is -1.16. The molecule has 3 N–H and O–H groups in total. The van der Waals surface area contributed by atoms with E-state index in [0.29, 0.717) is 12.3 Å². The highest BCUT2D eigenvalue weighted by molar-refractivity contribution is 6.18. The van der Waals surface area contributed by atoms with Crippen LogP contribution in [0.3, 0.4) is 0 Å². The number of hydrogen-bond donors (Lipinski definition) is 3. The second-order valence-electron chi connectivity index (χ2n) is 9.17. The van der Waals surface area contributed by atoms with Gasteiger partial charge in [-0.3, -0.25) is 0 Å². The topological polar surface area (TPSA) is 60.7 Å². The third-order valence-electron chi connectivity index (χ3n) is 7.22. The van der Waals surface area contributed by atoms with E-state index in [1.54, 1.807) is 6.92 Å². The van der Waals surface area contributed by atoms with Gasteiger partial charge in [0.15, 0.2) is 0 Å². The first-order chi connectivity index (χ1) is 11.0. The van der Waals surface area contributed by atoms with E-state index < -0.39 is 11.7 Å². The molecule has 0 aliphatic heterocycles. The van der Waals surface area contributed by atoms with Gasteiger partial charge in [0.1, 0.15) is 0 Å². The smallest absolute Gasteiger partial charge is 0.0959 e. The summed E-state index contributed by atoms with van der Waals surface area (Å²) in [6.45, 7) is 10.6. The quantitative estimate of drug-likeness (QED) is 0.513. The third-order valence-corrected chi connectivity index (χ3v) is 7.51. The molecular formula is C20H35ClO3. The average molecular weight is 359 g/mol. The van der Waals surface area contributed by atoms with E-state index in [9.17, 15) is 15.3 Å². The Labute approximate surface area is 152 Å². The van der Waals surface area contributed by atoms with E-state index in [1.807, 2.05) is 0 Å². The maximum atomic E-state index is 10.5. The van der Waals surface area contributed by atoms with Crippen molar-refractivity contribution in [3.8, 4) is 0 Å². The van der Waals surface area contributed by atoms with Crippen LogP contribution in [-0.2, 0) is 0 Å². The van der Waals surface area contributed by atoms with Crippen LogP contribution in [0.5, 0.6) is 0 Å². The maximum absolute atomic E-state index is 10.5. The van der Waals surface area contributed by atoms with Crippen LogP contribution >= 0.6 is 11.6 Å². The number of allylic oxidation sites excluding steroid dienone is 2. The Hall–Kier alpha value is -0.0900. The molecule has 0 radical (unpaired) electrons. The molecule has 5 atom stereocenters. The SMILES string of the molecule is CC1=C(CC[C@](C)(O)[C@H](O)CCl)[C@]2(C)CC[C@H](O)C(C)(C)[C@H]2CC1. The molecule has 24 heavy (non-hydrogen) atoms. The van der Waals surface area contributed by atoms with Crippen LogP contribution in [0.15, 0.2) is 11.1 Å². The Morgan fingerprint density at radius 3 is 2.50 bits per heavy atom. The van der Waals surface area contributed by atoms with Crippen molar-refractivity contribution in [3.05, 3.63) is 11.1 Å². The molecule has 0 aromatic rings. The number of hydrogen-bond acceptors (Lipinski definition) is 3. The Bertz CT molecular complexity index is 497. The summed E-state index contributed by atoms with van der Waals surface area (Å²) in [5, 5.41) is 31.0. The summed E-state index contributed by atoms with van der Waals surface area (Å²) in [6, 6.07) is 0. The first-order valence-electron chi connectivity index (χ1n) is 9.30. The zero-order valence-electron chi connectivity index (χ0n) is 15.9. The summed E-state index contributed by atoms with van der Waals surface area (Å²) in [6.07, 6.45) is 4.16. The molecule has 2 rings (SSSR count). The fourth-order valence-electron chi connectivity index (χ4n) is 5.30. The van der Waals surface area contributed by atoms with Crippen LogP contribution < -0.4 is 0 Å². The molecular weight excluding hydrogens is 324 g/mol. The van der Waals surface area contributed by atoms with Gasteiger partial charge >= 0.3 is 0 Å². The van der Waals surface area contributed by atoms with Gasteiger partial charge in [-0.15, -0.1) is 11.6 Å². The summed E-state index contributed by atoms with van der Waals surface area (Å²) in [5.74, 6) is 0.500. The van der Waals surface area contributed by atoms with Gasteiger partial charge in [0.05, 0.1) is 23.7 Å². The number of aliphatic hydroxyl groups is 3. The molecule has 0 aromatic heterocycles. The lowest BCUT2D eigenvalue weighted by atomic mass is 9.49. The number of halogens is 1. The van der Waals surface area contributed by atoms with Gasteiger partial charge in [0, 0.05) is 0 Å². The van der Waals surface area contributed by atoms with E-state index in [4.69, 9.17) is 11.6 Å². The molecule has 3 nitrogen and oxygen atoms in total. The van der Waals surface area contributed by atoms with Crippen molar-refractivity contribution < 1.29 is 15.3 Å². The molecule has 4 heteroatoms. The number of fused-ring (bicyclic) bond motifs is 1. The Morgan fingerprint density at radius 2 is 1.92 bits per heavy atom. The largest absolute Gasteiger partial charge is 0.393 e. The lowest BCUT2D eigenvalue weighted by molar-refractivity contribution is -0.0919. The van der Waals surface area contributed by atoms with Crippen LogP contribution in [0, 0.1) is 16.7 Å². The molecule has 2 aliphatic rings. The summed E-state index contributed by atoms with van der Waals surface area (Å²) >= 11 is 5.73. The van der Waals surface area contributed by atoms with Crippen molar-refractivity contribution >= 4 is 11.6 Å². The lowest BCUT2D eigenvalue weighted by Gasteiger charge is -2.57. The first kappa shape index (κ1) is 20.2. The molecule has 140 valence electrons. The summed E-state index contributed by atoms with van der Waals surface area (Å²) in [4.78, 5) is 0. The lowest BCUT2D eigenvalue weighted by Crippen LogP contribution is -2.52. The number of alkyl halides is 1. The molecule has 0 bridgehead atoms. The van der Waals surface area contributed by atoms with E-state index >= 15 is 0 Å². The highest BCUT2D eigenvalue weighted by atomic mass is 35.5. The Balaban J connectivity index is 2.25. The molecule has 0 amide bonds. The van der Waals surface area contributed by atoms with Gasteiger partial charge in [0.2, 0.25) is 0 Å². The second kappa shape index (κ2) is 6.90. The average Bonchev–Trinajstić information content (AvgIpc) is 2.49. The Morgan fingerprint density at radius 1 is 1.29 bits per heavy atom. The van der Waals surface area contributed by atoms with E-state index in [-0.39, 0.29) is 22.8 Å². The van der Waals surface area contributed by atoms with Gasteiger partial charge in [-0.1, -0.05) is 31.9 Å².